The lowest BCUT2D eigenvalue weighted by molar-refractivity contribution is -0.125. The summed E-state index contributed by atoms with van der Waals surface area (Å²) in [4.78, 5) is 35.3. The third-order valence-electron chi connectivity index (χ3n) is 5.13. The van der Waals surface area contributed by atoms with Gasteiger partial charge in [0.15, 0.2) is 6.61 Å². The van der Waals surface area contributed by atoms with Gasteiger partial charge in [-0.2, -0.15) is 0 Å². The molecular formula is C22H24N4O4S. The van der Waals surface area contributed by atoms with Gasteiger partial charge < -0.3 is 20.1 Å². The first-order chi connectivity index (χ1) is 15.0. The predicted octanol–water partition coefficient (Wildman–Crippen LogP) is 3.02. The summed E-state index contributed by atoms with van der Waals surface area (Å²) in [7, 11) is 1.54. The average Bonchev–Trinajstić information content (AvgIpc) is 3.15. The van der Waals surface area contributed by atoms with Gasteiger partial charge in [0.2, 0.25) is 11.8 Å². The van der Waals surface area contributed by atoms with E-state index in [0.717, 1.165) is 35.0 Å². The van der Waals surface area contributed by atoms with Crippen LogP contribution in [0.15, 0.2) is 24.5 Å². The first kappa shape index (κ1) is 21.0. The first-order valence-corrected chi connectivity index (χ1v) is 11.0. The van der Waals surface area contributed by atoms with Gasteiger partial charge in [-0.15, -0.1) is 11.3 Å². The minimum atomic E-state index is -0.401. The van der Waals surface area contributed by atoms with Crippen molar-refractivity contribution in [2.24, 2.45) is 0 Å². The molecule has 0 radical (unpaired) electrons. The highest BCUT2D eigenvalue weighted by molar-refractivity contribution is 7.18. The summed E-state index contributed by atoms with van der Waals surface area (Å²) in [5, 5.41) is 6.24. The normalized spacial score (nSPS) is 12.8. The summed E-state index contributed by atoms with van der Waals surface area (Å²) in [5.41, 5.74) is 2.79. The van der Waals surface area contributed by atoms with E-state index in [-0.39, 0.29) is 19.1 Å². The van der Waals surface area contributed by atoms with Crippen molar-refractivity contribution < 1.29 is 19.1 Å². The van der Waals surface area contributed by atoms with Crippen LogP contribution >= 0.6 is 11.3 Å². The van der Waals surface area contributed by atoms with Gasteiger partial charge in [0, 0.05) is 4.88 Å². The summed E-state index contributed by atoms with van der Waals surface area (Å²) in [6, 6.07) is 5.48. The molecule has 2 aromatic heterocycles. The van der Waals surface area contributed by atoms with Crippen LogP contribution in [0.5, 0.6) is 11.6 Å². The van der Waals surface area contributed by atoms with E-state index in [1.54, 1.807) is 17.4 Å². The molecule has 0 atom stereocenters. The zero-order valence-electron chi connectivity index (χ0n) is 17.5. The lowest BCUT2D eigenvalue weighted by atomic mass is 9.97. The van der Waals surface area contributed by atoms with Gasteiger partial charge >= 0.3 is 0 Å². The minimum absolute atomic E-state index is 0.174. The Hall–Kier alpha value is -3.20. The molecular weight excluding hydrogens is 416 g/mol. The van der Waals surface area contributed by atoms with E-state index < -0.39 is 5.91 Å². The lowest BCUT2D eigenvalue weighted by Crippen LogP contribution is -2.36. The van der Waals surface area contributed by atoms with Crippen LogP contribution < -0.4 is 20.1 Å². The van der Waals surface area contributed by atoms with E-state index >= 15 is 0 Å². The fourth-order valence-corrected chi connectivity index (χ4v) is 4.87. The van der Waals surface area contributed by atoms with Gasteiger partial charge in [-0.25, -0.2) is 9.97 Å². The number of ether oxygens (including phenoxy) is 2. The highest BCUT2D eigenvalue weighted by Gasteiger charge is 2.21. The van der Waals surface area contributed by atoms with Gasteiger partial charge in [-0.05, 0) is 55.9 Å². The molecule has 1 aromatic carbocycles. The third-order valence-corrected chi connectivity index (χ3v) is 6.33. The first-order valence-electron chi connectivity index (χ1n) is 10.1. The molecule has 1 aliphatic carbocycles. The van der Waals surface area contributed by atoms with Gasteiger partial charge in [-0.3, -0.25) is 9.59 Å². The molecule has 0 aliphatic heterocycles. The van der Waals surface area contributed by atoms with Crippen molar-refractivity contribution in [2.45, 2.75) is 32.6 Å². The van der Waals surface area contributed by atoms with Crippen LogP contribution in [0.1, 0.15) is 28.8 Å². The minimum Gasteiger partial charge on any atom is -0.495 e. The predicted molar refractivity (Wildman–Crippen MR) is 119 cm³/mol. The molecule has 0 fully saturated rings. The number of thiophene rings is 1. The molecule has 0 unspecified atom stereocenters. The van der Waals surface area contributed by atoms with Crippen LogP contribution in [0.25, 0.3) is 10.2 Å². The molecule has 8 nitrogen and oxygen atoms in total. The second kappa shape index (κ2) is 9.30. The molecule has 3 aromatic rings. The van der Waals surface area contributed by atoms with E-state index in [0.29, 0.717) is 17.3 Å². The molecule has 0 saturated heterocycles. The molecule has 0 spiro atoms. The maximum absolute atomic E-state index is 12.2. The van der Waals surface area contributed by atoms with Gasteiger partial charge in [0.1, 0.15) is 16.9 Å². The van der Waals surface area contributed by atoms with E-state index in [4.69, 9.17) is 9.47 Å². The fraction of sp³-hybridized carbons (Fsp3) is 0.364. The van der Waals surface area contributed by atoms with E-state index in [9.17, 15) is 9.59 Å². The van der Waals surface area contributed by atoms with Gasteiger partial charge in [0.05, 0.1) is 24.7 Å². The van der Waals surface area contributed by atoms with Crippen molar-refractivity contribution in [2.75, 3.05) is 25.6 Å². The molecule has 162 valence electrons. The summed E-state index contributed by atoms with van der Waals surface area (Å²) >= 11 is 1.67. The maximum Gasteiger partial charge on any atom is 0.258 e. The number of amides is 2. The molecule has 2 N–H and O–H groups in total. The molecule has 0 bridgehead atoms. The smallest absolute Gasteiger partial charge is 0.258 e. The number of anilines is 1. The van der Waals surface area contributed by atoms with Gasteiger partial charge in [-0.1, -0.05) is 6.07 Å². The van der Waals surface area contributed by atoms with E-state index in [1.165, 1.54) is 30.3 Å². The molecule has 4 rings (SSSR count). The Morgan fingerprint density at radius 2 is 2.00 bits per heavy atom. The summed E-state index contributed by atoms with van der Waals surface area (Å²) < 4.78 is 10.9. The summed E-state index contributed by atoms with van der Waals surface area (Å²) in [5.74, 6) is 0.227. The van der Waals surface area contributed by atoms with E-state index in [2.05, 4.69) is 20.6 Å². The fourth-order valence-electron chi connectivity index (χ4n) is 3.65. The number of benzene rings is 1. The number of aromatic nitrogens is 2. The molecule has 1 aliphatic rings. The zero-order chi connectivity index (χ0) is 21.8. The summed E-state index contributed by atoms with van der Waals surface area (Å²) in [6.07, 6.45) is 5.81. The van der Waals surface area contributed by atoms with E-state index in [1.807, 2.05) is 19.1 Å². The SMILES string of the molecule is COc1ccc(C)cc1NC(=O)CNC(=O)COc1ncnc2sc3c(c12)CCCC3. The molecule has 0 saturated carbocycles. The van der Waals surface area contributed by atoms with Crippen molar-refractivity contribution >= 4 is 39.1 Å². The number of carbonyl (C=O) groups is 2. The lowest BCUT2D eigenvalue weighted by Gasteiger charge is -2.12. The second-order valence-electron chi connectivity index (χ2n) is 7.39. The number of rotatable bonds is 7. The van der Waals surface area contributed by atoms with Crippen molar-refractivity contribution in [1.82, 2.24) is 15.3 Å². The van der Waals surface area contributed by atoms with Crippen LogP contribution in [0.3, 0.4) is 0 Å². The summed E-state index contributed by atoms with van der Waals surface area (Å²) in [6.45, 7) is 1.52. The number of hydrogen-bond acceptors (Lipinski definition) is 7. The number of hydrogen-bond donors (Lipinski definition) is 2. The van der Waals surface area contributed by atoms with Crippen LogP contribution in [0.4, 0.5) is 5.69 Å². The van der Waals surface area contributed by atoms with Crippen LogP contribution in [0.2, 0.25) is 0 Å². The molecule has 2 heterocycles. The quantitative estimate of drug-likeness (QED) is 0.586. The second-order valence-corrected chi connectivity index (χ2v) is 8.47. The Bertz CT molecular complexity index is 1130. The molecule has 2 amide bonds. The highest BCUT2D eigenvalue weighted by atomic mass is 32.1. The van der Waals surface area contributed by atoms with Crippen molar-refractivity contribution in [3.05, 3.63) is 40.5 Å². The number of fused-ring (bicyclic) bond motifs is 3. The zero-order valence-corrected chi connectivity index (χ0v) is 18.3. The monoisotopic (exact) mass is 440 g/mol. The van der Waals surface area contributed by atoms with Gasteiger partial charge in [0.25, 0.3) is 5.91 Å². The Morgan fingerprint density at radius 3 is 2.84 bits per heavy atom. The topological polar surface area (TPSA) is 102 Å². The Morgan fingerprint density at radius 1 is 1.16 bits per heavy atom. The highest BCUT2D eigenvalue weighted by Crippen LogP contribution is 2.38. The van der Waals surface area contributed by atoms with Crippen molar-refractivity contribution in [1.29, 1.82) is 0 Å². The number of methoxy groups -OCH3 is 1. The third kappa shape index (κ3) is 4.77. The van der Waals surface area contributed by atoms with Crippen LogP contribution in [-0.4, -0.2) is 42.0 Å². The standard InChI is InChI=1S/C22H24N4O4S/c1-13-7-8-16(29-2)15(9-13)26-18(27)10-23-19(28)11-30-21-20-14-5-3-4-6-17(14)31-22(20)25-12-24-21/h7-9,12H,3-6,10-11H2,1-2H3,(H,23,28)(H,26,27). The Balaban J connectivity index is 1.33. The van der Waals surface area contributed by atoms with Crippen LogP contribution in [0, 0.1) is 6.92 Å². The average molecular weight is 441 g/mol. The Kier molecular flexibility index (Phi) is 6.31. The maximum atomic E-state index is 12.2. The van der Waals surface area contributed by atoms with Crippen molar-refractivity contribution in [3.63, 3.8) is 0 Å². The number of nitrogens with one attached hydrogen (secondary N) is 2. The molecule has 9 heteroatoms. The number of aryl methyl sites for hydroxylation is 3. The Labute approximate surface area is 184 Å². The van der Waals surface area contributed by atoms with Crippen LogP contribution in [-0.2, 0) is 22.4 Å². The largest absolute Gasteiger partial charge is 0.495 e. The number of nitrogens with zero attached hydrogens (tertiary/aromatic N) is 2. The molecule has 31 heavy (non-hydrogen) atoms. The van der Waals surface area contributed by atoms with Crippen molar-refractivity contribution in [3.8, 4) is 11.6 Å². The number of carbonyl (C=O) groups excluding carboxylic acids is 2.